The maximum atomic E-state index is 9.47. The third-order valence-corrected chi connectivity index (χ3v) is 3.28. The first kappa shape index (κ1) is 11.7. The van der Waals surface area contributed by atoms with Crippen LogP contribution in [0, 0.1) is 0 Å². The van der Waals surface area contributed by atoms with Gasteiger partial charge in [-0.05, 0) is 30.3 Å². The van der Waals surface area contributed by atoms with E-state index in [1.165, 1.54) is 6.33 Å². The summed E-state index contributed by atoms with van der Waals surface area (Å²) in [4.78, 5) is 15.5. The summed E-state index contributed by atoms with van der Waals surface area (Å²) in [6.07, 6.45) is 3.19. The summed E-state index contributed by atoms with van der Waals surface area (Å²) in [6, 6.07) is 11.2. The fourth-order valence-electron chi connectivity index (χ4n) is 2.33. The minimum absolute atomic E-state index is 0.152. The van der Waals surface area contributed by atoms with Gasteiger partial charge in [0.25, 0.3) is 0 Å². The van der Waals surface area contributed by atoms with Crippen molar-refractivity contribution < 1.29 is 5.11 Å². The molecule has 0 bridgehead atoms. The van der Waals surface area contributed by atoms with Crippen molar-refractivity contribution in [2.45, 2.75) is 0 Å². The van der Waals surface area contributed by atoms with E-state index >= 15 is 0 Å². The van der Waals surface area contributed by atoms with Gasteiger partial charge in [-0.3, -0.25) is 0 Å². The highest BCUT2D eigenvalue weighted by atomic mass is 16.3. The maximum Gasteiger partial charge on any atom is 0.189 e. The number of nitrogens with zero attached hydrogens (tertiary/aromatic N) is 3. The van der Waals surface area contributed by atoms with Gasteiger partial charge in [0.15, 0.2) is 11.5 Å². The third kappa shape index (κ3) is 2.02. The summed E-state index contributed by atoms with van der Waals surface area (Å²) in [7, 11) is 0. The fraction of sp³-hybridized carbons (Fsp3) is 0. The van der Waals surface area contributed by atoms with Gasteiger partial charge in [-0.25, -0.2) is 15.0 Å². The summed E-state index contributed by atoms with van der Waals surface area (Å²) in [5.74, 6) is 0.853. The van der Waals surface area contributed by atoms with Gasteiger partial charge in [-0.15, -0.1) is 0 Å². The molecule has 0 fully saturated rings. The molecule has 0 radical (unpaired) electrons. The Kier molecular flexibility index (Phi) is 2.47. The molecule has 1 aromatic carbocycles. The fourth-order valence-corrected chi connectivity index (χ4v) is 2.33. The second-order valence-corrected chi connectivity index (χ2v) is 4.68. The number of hydrogen-bond donors (Lipinski definition) is 3. The van der Waals surface area contributed by atoms with E-state index in [1.54, 1.807) is 12.3 Å². The van der Waals surface area contributed by atoms with Crippen molar-refractivity contribution in [1.29, 1.82) is 0 Å². The number of aromatic amines is 1. The number of benzene rings is 1. The molecule has 0 saturated carbocycles. The number of anilines is 2. The Balaban J connectivity index is 1.78. The molecular formula is C15H11N5O. The van der Waals surface area contributed by atoms with Crippen LogP contribution in [0.25, 0.3) is 21.9 Å². The first-order valence-corrected chi connectivity index (χ1v) is 6.44. The lowest BCUT2D eigenvalue weighted by Gasteiger charge is -2.07. The average Bonchev–Trinajstić information content (AvgIpc) is 2.87. The van der Waals surface area contributed by atoms with Crippen LogP contribution in [0.4, 0.5) is 11.5 Å². The highest BCUT2D eigenvalue weighted by Gasteiger charge is 2.05. The topological polar surface area (TPSA) is 86.7 Å². The van der Waals surface area contributed by atoms with Crippen LogP contribution in [0.15, 0.2) is 48.9 Å². The Hall–Kier alpha value is -3.15. The van der Waals surface area contributed by atoms with Crippen molar-refractivity contribution in [2.24, 2.45) is 0 Å². The molecular weight excluding hydrogens is 266 g/mol. The second-order valence-electron chi connectivity index (χ2n) is 4.68. The Morgan fingerprint density at radius 1 is 1.05 bits per heavy atom. The molecule has 6 nitrogen and oxygen atoms in total. The summed E-state index contributed by atoms with van der Waals surface area (Å²) < 4.78 is 0. The van der Waals surface area contributed by atoms with Gasteiger partial charge < -0.3 is 15.4 Å². The Bertz CT molecular complexity index is 942. The van der Waals surface area contributed by atoms with Crippen LogP contribution in [0.2, 0.25) is 0 Å². The largest absolute Gasteiger partial charge is 0.495 e. The van der Waals surface area contributed by atoms with Crippen LogP contribution in [0.5, 0.6) is 5.88 Å². The van der Waals surface area contributed by atoms with Gasteiger partial charge in [0.05, 0.1) is 5.39 Å². The lowest BCUT2D eigenvalue weighted by Crippen LogP contribution is -1.96. The normalized spacial score (nSPS) is 11.0. The summed E-state index contributed by atoms with van der Waals surface area (Å²) >= 11 is 0. The van der Waals surface area contributed by atoms with Gasteiger partial charge in [-0.1, -0.05) is 0 Å². The van der Waals surface area contributed by atoms with E-state index in [0.717, 1.165) is 22.0 Å². The minimum atomic E-state index is 0.152. The highest BCUT2D eigenvalue weighted by Crippen LogP contribution is 2.26. The van der Waals surface area contributed by atoms with Gasteiger partial charge >= 0.3 is 0 Å². The molecule has 0 aliphatic heterocycles. The summed E-state index contributed by atoms with van der Waals surface area (Å²) in [6.45, 7) is 0. The number of fused-ring (bicyclic) bond motifs is 2. The predicted octanol–water partition coefficient (Wildman–Crippen LogP) is 2.96. The molecule has 3 aromatic heterocycles. The Labute approximate surface area is 119 Å². The lowest BCUT2D eigenvalue weighted by molar-refractivity contribution is 0.458. The molecule has 0 aliphatic carbocycles. The first-order chi connectivity index (χ1) is 10.3. The number of H-pyrrole nitrogens is 1. The molecule has 102 valence electrons. The van der Waals surface area contributed by atoms with E-state index in [-0.39, 0.29) is 5.88 Å². The molecule has 4 rings (SSSR count). The van der Waals surface area contributed by atoms with Crippen LogP contribution in [-0.4, -0.2) is 25.0 Å². The molecule has 3 N–H and O–H groups in total. The number of aromatic nitrogens is 4. The van der Waals surface area contributed by atoms with Crippen molar-refractivity contribution in [3.8, 4) is 5.88 Å². The van der Waals surface area contributed by atoms with Crippen LogP contribution < -0.4 is 5.32 Å². The van der Waals surface area contributed by atoms with E-state index < -0.39 is 0 Å². The van der Waals surface area contributed by atoms with E-state index in [9.17, 15) is 5.11 Å². The van der Waals surface area contributed by atoms with E-state index in [1.807, 2.05) is 30.3 Å². The molecule has 0 atom stereocenters. The van der Waals surface area contributed by atoms with Gasteiger partial charge in [0, 0.05) is 28.9 Å². The zero-order valence-corrected chi connectivity index (χ0v) is 10.9. The minimum Gasteiger partial charge on any atom is -0.495 e. The van der Waals surface area contributed by atoms with E-state index in [4.69, 9.17) is 0 Å². The average molecular weight is 277 g/mol. The third-order valence-electron chi connectivity index (χ3n) is 3.28. The Morgan fingerprint density at radius 2 is 2.00 bits per heavy atom. The number of hydrogen-bond acceptors (Lipinski definition) is 5. The molecule has 0 amide bonds. The molecule has 6 heteroatoms. The van der Waals surface area contributed by atoms with Crippen molar-refractivity contribution in [2.75, 3.05) is 5.32 Å². The van der Waals surface area contributed by atoms with Crippen molar-refractivity contribution in [1.82, 2.24) is 19.9 Å². The van der Waals surface area contributed by atoms with Crippen LogP contribution in [-0.2, 0) is 0 Å². The molecule has 0 spiro atoms. The van der Waals surface area contributed by atoms with Gasteiger partial charge in [0.1, 0.15) is 12.1 Å². The molecule has 0 aliphatic rings. The van der Waals surface area contributed by atoms with Gasteiger partial charge in [0.2, 0.25) is 0 Å². The first-order valence-electron chi connectivity index (χ1n) is 6.44. The Morgan fingerprint density at radius 3 is 2.95 bits per heavy atom. The number of pyridine rings is 1. The SMILES string of the molecule is Oc1cc2cc(Nc3ncnc4ncccc34)ccc2[nH]1. The standard InChI is InChI=1S/C15H11N5O/c21-13-7-9-6-10(3-4-12(9)20-13)19-15-11-2-1-5-16-14(11)17-8-18-15/h1-8,20-21H,(H,16,17,18,19). The molecule has 0 saturated heterocycles. The highest BCUT2D eigenvalue weighted by molar-refractivity contribution is 5.90. The van der Waals surface area contributed by atoms with Crippen molar-refractivity contribution >= 4 is 33.4 Å². The maximum absolute atomic E-state index is 9.47. The molecule has 4 aromatic rings. The smallest absolute Gasteiger partial charge is 0.189 e. The van der Waals surface area contributed by atoms with Crippen LogP contribution in [0.1, 0.15) is 0 Å². The van der Waals surface area contributed by atoms with Crippen LogP contribution >= 0.6 is 0 Å². The second kappa shape index (κ2) is 4.45. The molecule has 3 heterocycles. The zero-order chi connectivity index (χ0) is 14.2. The zero-order valence-electron chi connectivity index (χ0n) is 10.9. The number of rotatable bonds is 2. The number of aromatic hydroxyl groups is 1. The van der Waals surface area contributed by atoms with Crippen LogP contribution in [0.3, 0.4) is 0 Å². The summed E-state index contributed by atoms with van der Waals surface area (Å²) in [5.41, 5.74) is 2.41. The lowest BCUT2D eigenvalue weighted by atomic mass is 10.2. The van der Waals surface area contributed by atoms with Crippen molar-refractivity contribution in [3.05, 3.63) is 48.9 Å². The predicted molar refractivity (Wildman–Crippen MR) is 80.6 cm³/mol. The monoisotopic (exact) mass is 277 g/mol. The summed E-state index contributed by atoms with van der Waals surface area (Å²) in [5, 5.41) is 14.5. The molecule has 21 heavy (non-hydrogen) atoms. The quantitative estimate of drug-likeness (QED) is 0.524. The van der Waals surface area contributed by atoms with E-state index in [2.05, 4.69) is 25.3 Å². The molecule has 0 unspecified atom stereocenters. The number of nitrogens with one attached hydrogen (secondary N) is 2. The van der Waals surface area contributed by atoms with E-state index in [0.29, 0.717) is 11.5 Å². The van der Waals surface area contributed by atoms with Gasteiger partial charge in [-0.2, -0.15) is 0 Å². The van der Waals surface area contributed by atoms with Crippen molar-refractivity contribution in [3.63, 3.8) is 0 Å².